The minimum atomic E-state index is -0.310. The van der Waals surface area contributed by atoms with Crippen molar-refractivity contribution in [3.63, 3.8) is 0 Å². The van der Waals surface area contributed by atoms with Crippen LogP contribution in [0.15, 0.2) is 48.5 Å². The third kappa shape index (κ3) is 5.42. The van der Waals surface area contributed by atoms with Gasteiger partial charge in [0.1, 0.15) is 11.6 Å². The maximum Gasteiger partial charge on any atom is 0.289 e. The summed E-state index contributed by atoms with van der Waals surface area (Å²) in [6.45, 7) is 2.75. The lowest BCUT2D eigenvalue weighted by Crippen LogP contribution is -2.27. The molecule has 7 heteroatoms. The molecule has 0 bridgehead atoms. The predicted octanol–water partition coefficient (Wildman–Crippen LogP) is 4.78. The Bertz CT molecular complexity index is 933. The van der Waals surface area contributed by atoms with E-state index in [1.54, 1.807) is 12.1 Å². The minimum absolute atomic E-state index is 0.115. The average molecular weight is 399 g/mol. The zero-order chi connectivity index (χ0) is 19.8. The molecule has 3 rings (SSSR count). The monoisotopic (exact) mass is 398 g/mol. The number of fused-ring (bicyclic) bond motifs is 1. The van der Waals surface area contributed by atoms with Crippen molar-refractivity contribution >= 4 is 40.1 Å². The first-order valence-corrected chi connectivity index (χ1v) is 10.5. The van der Waals surface area contributed by atoms with Gasteiger partial charge in [-0.2, -0.15) is 11.8 Å². The smallest absolute Gasteiger partial charge is 0.289 e. The number of benzene rings is 2. The van der Waals surface area contributed by atoms with Gasteiger partial charge in [0.25, 0.3) is 5.91 Å². The van der Waals surface area contributed by atoms with Crippen LogP contribution < -0.4 is 10.6 Å². The van der Waals surface area contributed by atoms with E-state index in [1.807, 2.05) is 36.0 Å². The third-order valence-electron chi connectivity index (χ3n) is 4.01. The summed E-state index contributed by atoms with van der Waals surface area (Å²) < 4.78 is 13.2. The number of anilines is 2. The van der Waals surface area contributed by atoms with Crippen LogP contribution >= 0.6 is 11.8 Å². The van der Waals surface area contributed by atoms with Crippen molar-refractivity contribution in [2.24, 2.45) is 0 Å². The van der Waals surface area contributed by atoms with Gasteiger partial charge in [0.05, 0.1) is 5.52 Å². The molecule has 5 nitrogen and oxygen atoms in total. The number of hydrogen-bond donors (Lipinski definition) is 2. The lowest BCUT2D eigenvalue weighted by Gasteiger charge is -2.11. The first-order chi connectivity index (χ1) is 13.7. The molecule has 146 valence electrons. The summed E-state index contributed by atoms with van der Waals surface area (Å²) in [5.41, 5.74) is 1.36. The second-order valence-corrected chi connectivity index (χ2v) is 7.49. The van der Waals surface area contributed by atoms with Gasteiger partial charge in [-0.3, -0.25) is 4.79 Å². The lowest BCUT2D eigenvalue weighted by molar-refractivity contribution is 0.0944. The molecule has 3 aromatic rings. The number of carbonyl (C=O) groups is 1. The molecule has 0 saturated heterocycles. The summed E-state index contributed by atoms with van der Waals surface area (Å²) in [6.07, 6.45) is 2.07. The summed E-state index contributed by atoms with van der Waals surface area (Å²) in [5, 5.41) is 6.83. The van der Waals surface area contributed by atoms with E-state index in [4.69, 9.17) is 0 Å². The van der Waals surface area contributed by atoms with Crippen molar-refractivity contribution in [2.45, 2.75) is 19.8 Å². The molecule has 0 aliphatic rings. The van der Waals surface area contributed by atoms with Crippen LogP contribution in [0.25, 0.3) is 10.9 Å². The van der Waals surface area contributed by atoms with Gasteiger partial charge in [0.15, 0.2) is 0 Å². The number of halogens is 1. The molecule has 0 radical (unpaired) electrons. The second-order valence-electron chi connectivity index (χ2n) is 6.27. The Morgan fingerprint density at radius 3 is 2.64 bits per heavy atom. The standard InChI is InChI=1S/C21H23FN4OS/c1-2-13-28-14-5-12-23-21(27)20-25-18-7-4-3-6-17(18)19(26-20)24-16-10-8-15(22)9-11-16/h3-4,6-11H,2,5,12-14H2,1H3,(H,23,27)(H,24,25,26). The molecule has 0 saturated carbocycles. The molecule has 0 aliphatic heterocycles. The van der Waals surface area contributed by atoms with Crippen LogP contribution in [0.3, 0.4) is 0 Å². The number of thioether (sulfide) groups is 1. The van der Waals surface area contributed by atoms with Crippen LogP contribution in [0.4, 0.5) is 15.9 Å². The summed E-state index contributed by atoms with van der Waals surface area (Å²) in [6, 6.07) is 13.5. The largest absolute Gasteiger partial charge is 0.349 e. The number of aromatic nitrogens is 2. The highest BCUT2D eigenvalue weighted by atomic mass is 32.2. The lowest BCUT2D eigenvalue weighted by atomic mass is 10.2. The van der Waals surface area contributed by atoms with Gasteiger partial charge < -0.3 is 10.6 Å². The average Bonchev–Trinajstić information content (AvgIpc) is 2.72. The Balaban J connectivity index is 1.75. The maximum absolute atomic E-state index is 13.2. The maximum atomic E-state index is 13.2. The summed E-state index contributed by atoms with van der Waals surface area (Å²) in [7, 11) is 0. The van der Waals surface area contributed by atoms with E-state index in [9.17, 15) is 9.18 Å². The van der Waals surface area contributed by atoms with Gasteiger partial charge >= 0.3 is 0 Å². The highest BCUT2D eigenvalue weighted by molar-refractivity contribution is 7.99. The molecular formula is C21H23FN4OS. The van der Waals surface area contributed by atoms with Crippen molar-refractivity contribution in [1.29, 1.82) is 0 Å². The van der Waals surface area contributed by atoms with Crippen LogP contribution in [0.1, 0.15) is 30.4 Å². The van der Waals surface area contributed by atoms with E-state index in [2.05, 4.69) is 27.5 Å². The molecule has 1 aromatic heterocycles. The molecule has 2 N–H and O–H groups in total. The first-order valence-electron chi connectivity index (χ1n) is 9.32. The molecular weight excluding hydrogens is 375 g/mol. The van der Waals surface area contributed by atoms with E-state index >= 15 is 0 Å². The zero-order valence-electron chi connectivity index (χ0n) is 15.7. The van der Waals surface area contributed by atoms with Gasteiger partial charge in [-0.1, -0.05) is 19.1 Å². The molecule has 1 heterocycles. The van der Waals surface area contributed by atoms with Gasteiger partial charge in [-0.05, 0) is 60.7 Å². The van der Waals surface area contributed by atoms with Gasteiger partial charge in [0, 0.05) is 17.6 Å². The Morgan fingerprint density at radius 2 is 1.86 bits per heavy atom. The van der Waals surface area contributed by atoms with E-state index in [1.165, 1.54) is 12.1 Å². The Morgan fingerprint density at radius 1 is 1.07 bits per heavy atom. The summed E-state index contributed by atoms with van der Waals surface area (Å²) in [5.74, 6) is 2.18. The third-order valence-corrected chi connectivity index (χ3v) is 5.29. The molecule has 0 aliphatic carbocycles. The number of carbonyl (C=O) groups excluding carboxylic acids is 1. The molecule has 0 spiro atoms. The Kier molecular flexibility index (Phi) is 7.19. The zero-order valence-corrected chi connectivity index (χ0v) is 16.6. The molecule has 28 heavy (non-hydrogen) atoms. The van der Waals surface area contributed by atoms with Crippen molar-refractivity contribution < 1.29 is 9.18 Å². The SMILES string of the molecule is CCCSCCCNC(=O)c1nc(Nc2ccc(F)cc2)c2ccccc2n1. The van der Waals surface area contributed by atoms with E-state index in [0.717, 1.165) is 29.7 Å². The molecule has 1 amide bonds. The van der Waals surface area contributed by atoms with Crippen molar-refractivity contribution in [2.75, 3.05) is 23.4 Å². The first kappa shape index (κ1) is 20.1. The van der Waals surface area contributed by atoms with Crippen LogP contribution in [0, 0.1) is 5.82 Å². The van der Waals surface area contributed by atoms with E-state index in [-0.39, 0.29) is 17.5 Å². The van der Waals surface area contributed by atoms with Gasteiger partial charge in [-0.25, -0.2) is 14.4 Å². The highest BCUT2D eigenvalue weighted by Crippen LogP contribution is 2.24. The molecule has 0 atom stereocenters. The van der Waals surface area contributed by atoms with E-state index < -0.39 is 0 Å². The number of rotatable bonds is 9. The van der Waals surface area contributed by atoms with Crippen LogP contribution in [-0.2, 0) is 0 Å². The van der Waals surface area contributed by atoms with E-state index in [0.29, 0.717) is 23.6 Å². The fraction of sp³-hybridized carbons (Fsp3) is 0.286. The fourth-order valence-corrected chi connectivity index (χ4v) is 3.49. The number of para-hydroxylation sites is 1. The van der Waals surface area contributed by atoms with Crippen LogP contribution in [-0.4, -0.2) is 33.9 Å². The quantitative estimate of drug-likeness (QED) is 0.508. The van der Waals surface area contributed by atoms with Crippen LogP contribution in [0.5, 0.6) is 0 Å². The summed E-state index contributed by atoms with van der Waals surface area (Å²) in [4.78, 5) is 21.3. The van der Waals surface area contributed by atoms with Crippen molar-refractivity contribution in [3.05, 3.63) is 60.2 Å². The van der Waals surface area contributed by atoms with Gasteiger partial charge in [-0.15, -0.1) is 0 Å². The molecule has 0 unspecified atom stereocenters. The molecule has 2 aromatic carbocycles. The minimum Gasteiger partial charge on any atom is -0.349 e. The topological polar surface area (TPSA) is 66.9 Å². The van der Waals surface area contributed by atoms with Gasteiger partial charge in [0.2, 0.25) is 5.82 Å². The van der Waals surface area contributed by atoms with Crippen molar-refractivity contribution in [3.8, 4) is 0 Å². The Hall–Kier alpha value is -2.67. The number of nitrogens with one attached hydrogen (secondary N) is 2. The Labute approximate surface area is 168 Å². The summed E-state index contributed by atoms with van der Waals surface area (Å²) >= 11 is 1.89. The normalized spacial score (nSPS) is 10.8. The molecule has 0 fully saturated rings. The van der Waals surface area contributed by atoms with Crippen molar-refractivity contribution in [1.82, 2.24) is 15.3 Å². The number of amides is 1. The highest BCUT2D eigenvalue weighted by Gasteiger charge is 2.14. The number of hydrogen-bond acceptors (Lipinski definition) is 5. The fourth-order valence-electron chi connectivity index (χ4n) is 2.64. The second kappa shape index (κ2) is 10.0. The predicted molar refractivity (Wildman–Crippen MR) is 114 cm³/mol. The van der Waals surface area contributed by atoms with Crippen LogP contribution in [0.2, 0.25) is 0 Å². The number of nitrogens with zero attached hydrogens (tertiary/aromatic N) is 2.